The number of methoxy groups -OCH3 is 1. The molecule has 1 amide bonds. The number of carbonyl (C=O) groups is 2. The highest BCUT2D eigenvalue weighted by Gasteiger charge is 2.31. The maximum absolute atomic E-state index is 13.9. The van der Waals surface area contributed by atoms with E-state index in [1.54, 1.807) is 20.8 Å². The van der Waals surface area contributed by atoms with E-state index in [0.29, 0.717) is 19.5 Å². The first kappa shape index (κ1) is 18.0. The van der Waals surface area contributed by atoms with E-state index in [1.165, 1.54) is 24.1 Å². The van der Waals surface area contributed by atoms with Crippen molar-refractivity contribution in [2.45, 2.75) is 38.9 Å². The molecule has 2 heterocycles. The summed E-state index contributed by atoms with van der Waals surface area (Å²) in [6.07, 6.45) is -0.233. The van der Waals surface area contributed by atoms with Crippen LogP contribution in [0.4, 0.5) is 9.18 Å². The average molecular weight is 340 g/mol. The van der Waals surface area contributed by atoms with Crippen LogP contribution in [0.1, 0.15) is 37.7 Å². The van der Waals surface area contributed by atoms with E-state index < -0.39 is 23.6 Å². The highest BCUT2D eigenvalue weighted by molar-refractivity contribution is 5.87. The number of hydrogen-bond acceptors (Lipinski definition) is 6. The molecule has 1 aliphatic rings. The van der Waals surface area contributed by atoms with Crippen molar-refractivity contribution in [2.24, 2.45) is 0 Å². The molecule has 0 aromatic carbocycles. The lowest BCUT2D eigenvalue weighted by molar-refractivity contribution is 0.0274. The van der Waals surface area contributed by atoms with Gasteiger partial charge in [0.15, 0.2) is 11.4 Å². The smallest absolute Gasteiger partial charge is 0.410 e. The predicted octanol–water partition coefficient (Wildman–Crippen LogP) is 2.40. The molecule has 0 saturated carbocycles. The van der Waals surface area contributed by atoms with Crippen LogP contribution in [-0.2, 0) is 9.47 Å². The number of nitrogens with zero attached hydrogens (tertiary/aromatic N) is 2. The summed E-state index contributed by atoms with van der Waals surface area (Å²) in [4.78, 5) is 28.3. The van der Waals surface area contributed by atoms with E-state index in [0.717, 1.165) is 0 Å². The first-order valence-corrected chi connectivity index (χ1v) is 7.59. The molecule has 0 radical (unpaired) electrons. The van der Waals surface area contributed by atoms with Crippen LogP contribution in [-0.4, -0.2) is 53.9 Å². The van der Waals surface area contributed by atoms with Crippen LogP contribution in [0.3, 0.4) is 0 Å². The fourth-order valence-corrected chi connectivity index (χ4v) is 2.22. The summed E-state index contributed by atoms with van der Waals surface area (Å²) in [5, 5.41) is 0. The van der Waals surface area contributed by atoms with Gasteiger partial charge in [-0.15, -0.1) is 0 Å². The average Bonchev–Trinajstić information content (AvgIpc) is 2.95. The van der Waals surface area contributed by atoms with Crippen LogP contribution in [0.25, 0.3) is 0 Å². The van der Waals surface area contributed by atoms with Gasteiger partial charge in [0.1, 0.15) is 11.7 Å². The Morgan fingerprint density at radius 3 is 2.62 bits per heavy atom. The van der Waals surface area contributed by atoms with E-state index in [1.807, 2.05) is 0 Å². The van der Waals surface area contributed by atoms with Gasteiger partial charge in [-0.25, -0.2) is 14.6 Å². The fraction of sp³-hybridized carbons (Fsp3) is 0.562. The van der Waals surface area contributed by atoms with Gasteiger partial charge in [0.25, 0.3) is 5.95 Å². The van der Waals surface area contributed by atoms with Gasteiger partial charge in [-0.1, -0.05) is 0 Å². The normalized spacial score (nSPS) is 17.5. The Bertz CT molecular complexity index is 629. The summed E-state index contributed by atoms with van der Waals surface area (Å²) in [6, 6.07) is 2.65. The van der Waals surface area contributed by atoms with Crippen molar-refractivity contribution < 1.29 is 28.2 Å². The number of halogens is 1. The lowest BCUT2D eigenvalue weighted by Crippen LogP contribution is -2.36. The van der Waals surface area contributed by atoms with Crippen molar-refractivity contribution in [1.29, 1.82) is 0 Å². The second kappa shape index (κ2) is 7.02. The SMILES string of the molecule is COC(=O)c1ccc(O[C@@H]2CCN(C(=O)OC(C)(C)C)C2)c(F)n1. The van der Waals surface area contributed by atoms with Crippen LogP contribution in [0.5, 0.6) is 5.75 Å². The van der Waals surface area contributed by atoms with Crippen LogP contribution in [0, 0.1) is 5.95 Å². The van der Waals surface area contributed by atoms with Crippen molar-refractivity contribution in [3.05, 3.63) is 23.8 Å². The van der Waals surface area contributed by atoms with Gasteiger partial charge in [0, 0.05) is 13.0 Å². The van der Waals surface area contributed by atoms with E-state index in [-0.39, 0.29) is 17.5 Å². The Kier molecular flexibility index (Phi) is 5.26. The highest BCUT2D eigenvalue weighted by atomic mass is 19.1. The van der Waals surface area contributed by atoms with E-state index >= 15 is 0 Å². The molecule has 1 saturated heterocycles. The van der Waals surface area contributed by atoms with Crippen LogP contribution in [0.15, 0.2) is 12.1 Å². The summed E-state index contributed by atoms with van der Waals surface area (Å²) in [6.45, 7) is 6.14. The Morgan fingerprint density at radius 2 is 2.04 bits per heavy atom. The maximum Gasteiger partial charge on any atom is 0.410 e. The van der Waals surface area contributed by atoms with Crippen LogP contribution in [0.2, 0.25) is 0 Å². The molecule has 7 nitrogen and oxygen atoms in total. The van der Waals surface area contributed by atoms with Gasteiger partial charge in [-0.3, -0.25) is 0 Å². The molecular weight excluding hydrogens is 319 g/mol. The number of carbonyl (C=O) groups excluding carboxylic acids is 2. The number of ether oxygens (including phenoxy) is 3. The number of aromatic nitrogens is 1. The van der Waals surface area contributed by atoms with Crippen molar-refractivity contribution in [3.8, 4) is 5.75 Å². The third kappa shape index (κ3) is 4.56. The summed E-state index contributed by atoms with van der Waals surface area (Å²) >= 11 is 0. The fourth-order valence-electron chi connectivity index (χ4n) is 2.22. The Hall–Kier alpha value is -2.38. The molecule has 0 unspecified atom stereocenters. The number of pyridine rings is 1. The maximum atomic E-state index is 13.9. The third-order valence-electron chi connectivity index (χ3n) is 3.30. The van der Waals surface area contributed by atoms with Gasteiger partial charge in [0.05, 0.1) is 13.7 Å². The van der Waals surface area contributed by atoms with E-state index in [9.17, 15) is 14.0 Å². The minimum Gasteiger partial charge on any atom is -0.484 e. The zero-order chi connectivity index (χ0) is 17.9. The summed E-state index contributed by atoms with van der Waals surface area (Å²) in [5.74, 6) is -1.69. The highest BCUT2D eigenvalue weighted by Crippen LogP contribution is 2.22. The van der Waals surface area contributed by atoms with Gasteiger partial charge in [-0.05, 0) is 32.9 Å². The molecule has 1 atom stereocenters. The van der Waals surface area contributed by atoms with Crippen LogP contribution < -0.4 is 4.74 Å². The van der Waals surface area contributed by atoms with Crippen molar-refractivity contribution in [3.63, 3.8) is 0 Å². The molecule has 0 bridgehead atoms. The second-order valence-electron chi connectivity index (χ2n) is 6.43. The first-order chi connectivity index (χ1) is 11.2. The summed E-state index contributed by atoms with van der Waals surface area (Å²) in [5.41, 5.74) is -0.709. The zero-order valence-corrected chi connectivity index (χ0v) is 14.2. The monoisotopic (exact) mass is 340 g/mol. The predicted molar refractivity (Wildman–Crippen MR) is 82.4 cm³/mol. The Balaban J connectivity index is 1.96. The number of rotatable bonds is 3. The van der Waals surface area contributed by atoms with Crippen molar-refractivity contribution in [2.75, 3.05) is 20.2 Å². The molecule has 24 heavy (non-hydrogen) atoms. The quantitative estimate of drug-likeness (QED) is 0.621. The standard InChI is InChI=1S/C16H21FN2O5/c1-16(2,3)24-15(21)19-8-7-10(9-19)23-12-6-5-11(14(20)22-4)18-13(12)17/h5-6,10H,7-9H2,1-4H3/t10-/m1/s1. The zero-order valence-electron chi connectivity index (χ0n) is 14.2. The van der Waals surface area contributed by atoms with Gasteiger partial charge >= 0.3 is 12.1 Å². The van der Waals surface area contributed by atoms with Crippen molar-refractivity contribution >= 4 is 12.1 Å². The lowest BCUT2D eigenvalue weighted by atomic mass is 10.2. The largest absolute Gasteiger partial charge is 0.484 e. The molecule has 1 aromatic rings. The molecule has 2 rings (SSSR count). The number of hydrogen-bond donors (Lipinski definition) is 0. The summed E-state index contributed by atoms with van der Waals surface area (Å²) < 4.78 is 29.2. The van der Waals surface area contributed by atoms with Crippen LogP contribution >= 0.6 is 0 Å². The minimum absolute atomic E-state index is 0.0707. The molecule has 132 valence electrons. The molecule has 8 heteroatoms. The topological polar surface area (TPSA) is 78.0 Å². The molecule has 1 fully saturated rings. The minimum atomic E-state index is -0.895. The summed E-state index contributed by atoms with van der Waals surface area (Å²) in [7, 11) is 1.19. The molecule has 1 aromatic heterocycles. The van der Waals surface area contributed by atoms with Gasteiger partial charge < -0.3 is 19.1 Å². The number of amides is 1. The number of esters is 1. The molecule has 0 N–H and O–H groups in total. The van der Waals surface area contributed by atoms with E-state index in [2.05, 4.69) is 9.72 Å². The molecule has 0 aliphatic carbocycles. The Morgan fingerprint density at radius 1 is 1.33 bits per heavy atom. The van der Waals surface area contributed by atoms with Gasteiger partial charge in [0.2, 0.25) is 0 Å². The molecule has 1 aliphatic heterocycles. The van der Waals surface area contributed by atoms with Gasteiger partial charge in [-0.2, -0.15) is 4.39 Å². The second-order valence-corrected chi connectivity index (χ2v) is 6.43. The first-order valence-electron chi connectivity index (χ1n) is 7.59. The molecule has 0 spiro atoms. The Labute approximate surface area is 139 Å². The van der Waals surface area contributed by atoms with E-state index in [4.69, 9.17) is 9.47 Å². The third-order valence-corrected chi connectivity index (χ3v) is 3.30. The molecular formula is C16H21FN2O5. The lowest BCUT2D eigenvalue weighted by Gasteiger charge is -2.24. The number of likely N-dealkylation sites (tertiary alicyclic amines) is 1. The van der Waals surface area contributed by atoms with Crippen molar-refractivity contribution in [1.82, 2.24) is 9.88 Å².